The summed E-state index contributed by atoms with van der Waals surface area (Å²) in [5, 5.41) is 0. The van der Waals surface area contributed by atoms with Gasteiger partial charge in [-0.3, -0.25) is 0 Å². The maximum atomic E-state index is 6.07. The Morgan fingerprint density at radius 1 is 0.909 bits per heavy atom. The van der Waals surface area contributed by atoms with Crippen LogP contribution in [0.15, 0.2) is 60.7 Å². The van der Waals surface area contributed by atoms with E-state index in [9.17, 15) is 0 Å². The molecule has 2 aliphatic heterocycles. The molecule has 0 amide bonds. The monoisotopic (exact) mass is 446 g/mol. The molecule has 3 aliphatic rings. The van der Waals surface area contributed by atoms with Gasteiger partial charge in [0.15, 0.2) is 0 Å². The molecule has 5 rings (SSSR count). The van der Waals surface area contributed by atoms with Gasteiger partial charge in [-0.2, -0.15) is 0 Å². The molecule has 2 aromatic rings. The Morgan fingerprint density at radius 3 is 2.33 bits per heavy atom. The van der Waals surface area contributed by atoms with Gasteiger partial charge in [0, 0.05) is 5.92 Å². The van der Waals surface area contributed by atoms with Crippen LogP contribution in [0.3, 0.4) is 0 Å². The summed E-state index contributed by atoms with van der Waals surface area (Å²) in [5.41, 5.74) is 5.20. The summed E-state index contributed by atoms with van der Waals surface area (Å²) in [7, 11) is 0. The van der Waals surface area contributed by atoms with Crippen molar-refractivity contribution in [2.45, 2.75) is 57.2 Å². The van der Waals surface area contributed by atoms with E-state index in [1.54, 1.807) is 0 Å². The van der Waals surface area contributed by atoms with Crippen molar-refractivity contribution in [3.05, 3.63) is 77.4 Å². The second-order valence-corrected chi connectivity index (χ2v) is 9.24. The van der Waals surface area contributed by atoms with Gasteiger partial charge in [-0.15, -0.1) is 0 Å². The quantitative estimate of drug-likeness (QED) is 0.292. The first-order valence-electron chi connectivity index (χ1n) is 12.4. The van der Waals surface area contributed by atoms with Crippen molar-refractivity contribution >= 4 is 5.57 Å². The molecule has 0 N–H and O–H groups in total. The largest absolute Gasteiger partial charge is 0.491 e. The van der Waals surface area contributed by atoms with Gasteiger partial charge in [0.2, 0.25) is 0 Å². The van der Waals surface area contributed by atoms with E-state index in [1.807, 2.05) is 0 Å². The van der Waals surface area contributed by atoms with Crippen molar-refractivity contribution in [1.82, 2.24) is 0 Å². The van der Waals surface area contributed by atoms with Crippen LogP contribution in [0.4, 0.5) is 0 Å². The van der Waals surface area contributed by atoms with Gasteiger partial charge in [0.05, 0.1) is 13.2 Å². The van der Waals surface area contributed by atoms with E-state index < -0.39 is 0 Å². The van der Waals surface area contributed by atoms with Crippen LogP contribution in [0.1, 0.15) is 55.2 Å². The molecule has 0 spiro atoms. The molecule has 0 aromatic heterocycles. The van der Waals surface area contributed by atoms with Crippen molar-refractivity contribution in [1.29, 1.82) is 0 Å². The zero-order valence-electron chi connectivity index (χ0n) is 19.5. The summed E-state index contributed by atoms with van der Waals surface area (Å²) in [4.78, 5) is 0. The zero-order valence-corrected chi connectivity index (χ0v) is 19.5. The molecule has 3 atom stereocenters. The number of allylic oxidation sites excluding steroid dienone is 4. The molecule has 174 valence electrons. The fourth-order valence-electron chi connectivity index (χ4n) is 4.25. The molecular weight excluding hydrogens is 412 g/mol. The molecule has 2 aromatic carbocycles. The van der Waals surface area contributed by atoms with Gasteiger partial charge >= 0.3 is 0 Å². The van der Waals surface area contributed by atoms with Crippen LogP contribution in [0.2, 0.25) is 0 Å². The normalized spacial score (nSPS) is 23.2. The minimum absolute atomic E-state index is 0.280. The average molecular weight is 447 g/mol. The fraction of sp³-hybridized carbons (Fsp3) is 0.448. The summed E-state index contributed by atoms with van der Waals surface area (Å²) >= 11 is 0. The summed E-state index contributed by atoms with van der Waals surface area (Å²) in [6.45, 7) is 5.20. The minimum atomic E-state index is 0.280. The molecular formula is C29H34O4. The minimum Gasteiger partial charge on any atom is -0.491 e. The van der Waals surface area contributed by atoms with Crippen LogP contribution in [0.25, 0.3) is 5.57 Å². The first-order valence-corrected chi connectivity index (χ1v) is 12.4. The maximum Gasteiger partial charge on any atom is 0.122 e. The standard InChI is InChI=1S/C29H34O4/c1-2-3-4-5-25-16-24(12-15-29(25)33-20-28-19-32-28)23-8-6-21(7-9-23)22-10-13-26(14-11-22)30-17-27-18-31-27/h6,8-16,21,27-28H,2-5,7,17-20H2,1H3. The highest BCUT2D eigenvalue weighted by Gasteiger charge is 2.24. The number of hydrogen-bond donors (Lipinski definition) is 0. The van der Waals surface area contributed by atoms with Crippen LogP contribution in [0, 0.1) is 0 Å². The highest BCUT2D eigenvalue weighted by molar-refractivity contribution is 5.76. The lowest BCUT2D eigenvalue weighted by molar-refractivity contribution is 0.261. The summed E-state index contributed by atoms with van der Waals surface area (Å²) in [6, 6.07) is 15.2. The summed E-state index contributed by atoms with van der Waals surface area (Å²) in [6.07, 6.45) is 13.3. The van der Waals surface area contributed by atoms with Crippen molar-refractivity contribution < 1.29 is 18.9 Å². The molecule has 4 nitrogen and oxygen atoms in total. The molecule has 4 heteroatoms. The highest BCUT2D eigenvalue weighted by Crippen LogP contribution is 2.33. The van der Waals surface area contributed by atoms with E-state index in [2.05, 4.69) is 67.6 Å². The van der Waals surface area contributed by atoms with Crippen molar-refractivity contribution in [2.75, 3.05) is 26.4 Å². The van der Waals surface area contributed by atoms with Gasteiger partial charge in [0.1, 0.15) is 36.9 Å². The molecule has 0 saturated carbocycles. The van der Waals surface area contributed by atoms with Crippen molar-refractivity contribution in [2.24, 2.45) is 0 Å². The molecule has 0 bridgehead atoms. The molecule has 2 heterocycles. The molecule has 1 aliphatic carbocycles. The fourth-order valence-corrected chi connectivity index (χ4v) is 4.25. The lowest BCUT2D eigenvalue weighted by atomic mass is 9.87. The van der Waals surface area contributed by atoms with E-state index >= 15 is 0 Å². The third kappa shape index (κ3) is 6.27. The van der Waals surface area contributed by atoms with Crippen LogP contribution in [0.5, 0.6) is 11.5 Å². The van der Waals surface area contributed by atoms with Gasteiger partial charge in [-0.1, -0.05) is 56.2 Å². The van der Waals surface area contributed by atoms with Crippen LogP contribution in [-0.4, -0.2) is 38.6 Å². The van der Waals surface area contributed by atoms with E-state index in [1.165, 1.54) is 41.5 Å². The van der Waals surface area contributed by atoms with Gasteiger partial charge in [-0.05, 0) is 65.8 Å². The SMILES string of the molecule is CCCCCc1cc(C2=CCC(c3ccc(OCC4CO4)cc3)C=C2)ccc1OCC1CO1. The molecule has 0 radical (unpaired) electrons. The number of hydrogen-bond acceptors (Lipinski definition) is 4. The second kappa shape index (κ2) is 10.6. The van der Waals surface area contributed by atoms with Crippen LogP contribution < -0.4 is 9.47 Å². The van der Waals surface area contributed by atoms with E-state index in [0.717, 1.165) is 37.6 Å². The number of epoxide rings is 2. The first-order chi connectivity index (χ1) is 16.3. The smallest absolute Gasteiger partial charge is 0.122 e. The predicted molar refractivity (Wildman–Crippen MR) is 131 cm³/mol. The Labute approximate surface area is 197 Å². The first kappa shape index (κ1) is 22.2. The van der Waals surface area contributed by atoms with Gasteiger partial charge in [0.25, 0.3) is 0 Å². The molecule has 33 heavy (non-hydrogen) atoms. The third-order valence-electron chi connectivity index (χ3n) is 6.52. The lowest BCUT2D eigenvalue weighted by Gasteiger charge is -2.19. The Kier molecular flexibility index (Phi) is 7.13. The van der Waals surface area contributed by atoms with Gasteiger partial charge < -0.3 is 18.9 Å². The molecule has 2 fully saturated rings. The predicted octanol–water partition coefficient (Wildman–Crippen LogP) is 6.10. The zero-order chi connectivity index (χ0) is 22.5. The number of aryl methyl sites for hydroxylation is 1. The average Bonchev–Trinajstić information content (AvgIpc) is 3.78. The highest BCUT2D eigenvalue weighted by atomic mass is 16.6. The van der Waals surface area contributed by atoms with Gasteiger partial charge in [-0.25, -0.2) is 0 Å². The summed E-state index contributed by atoms with van der Waals surface area (Å²) in [5.74, 6) is 2.33. The Balaban J connectivity index is 1.22. The number of rotatable bonds is 12. The number of benzene rings is 2. The Bertz CT molecular complexity index is 983. The van der Waals surface area contributed by atoms with E-state index in [-0.39, 0.29) is 12.2 Å². The van der Waals surface area contributed by atoms with Crippen LogP contribution >= 0.6 is 0 Å². The molecule has 3 unspecified atom stereocenters. The van der Waals surface area contributed by atoms with Crippen molar-refractivity contribution in [3.8, 4) is 11.5 Å². The topological polar surface area (TPSA) is 43.5 Å². The van der Waals surface area contributed by atoms with Crippen LogP contribution in [-0.2, 0) is 15.9 Å². The van der Waals surface area contributed by atoms with Crippen molar-refractivity contribution in [3.63, 3.8) is 0 Å². The Hall–Kier alpha value is -2.56. The molecule has 2 saturated heterocycles. The lowest BCUT2D eigenvalue weighted by Crippen LogP contribution is -2.06. The Morgan fingerprint density at radius 2 is 1.67 bits per heavy atom. The number of unbranched alkanes of at least 4 members (excludes halogenated alkanes) is 2. The second-order valence-electron chi connectivity index (χ2n) is 9.24. The number of ether oxygens (including phenoxy) is 4. The van der Waals surface area contributed by atoms with E-state index in [4.69, 9.17) is 18.9 Å². The summed E-state index contributed by atoms with van der Waals surface area (Å²) < 4.78 is 22.4. The van der Waals surface area contributed by atoms with E-state index in [0.29, 0.717) is 19.1 Å². The maximum absolute atomic E-state index is 6.07. The third-order valence-corrected chi connectivity index (χ3v) is 6.52.